The first-order valence-corrected chi connectivity index (χ1v) is 9.77. The van der Waals surface area contributed by atoms with Crippen LogP contribution in [-0.4, -0.2) is 42.7 Å². The van der Waals surface area contributed by atoms with Gasteiger partial charge in [0.15, 0.2) is 0 Å². The summed E-state index contributed by atoms with van der Waals surface area (Å²) in [4.78, 5) is 13.9. The normalized spacial score (nSPS) is 17.2. The van der Waals surface area contributed by atoms with Crippen molar-refractivity contribution < 1.29 is 4.79 Å². The lowest BCUT2D eigenvalue weighted by Crippen LogP contribution is -2.32. The Kier molecular flexibility index (Phi) is 7.91. The van der Waals surface area contributed by atoms with Gasteiger partial charge >= 0.3 is 0 Å². The van der Waals surface area contributed by atoms with Gasteiger partial charge < -0.3 is 16.0 Å². The molecule has 144 valence electrons. The number of rotatable bonds is 10. The molecular weight excluding hydrogens is 326 g/mol. The largest absolute Gasteiger partial charge is 0.397 e. The third kappa shape index (κ3) is 5.73. The summed E-state index contributed by atoms with van der Waals surface area (Å²) in [6.45, 7) is 10.8. The highest BCUT2D eigenvalue weighted by molar-refractivity contribution is 6.06. The van der Waals surface area contributed by atoms with E-state index in [-0.39, 0.29) is 11.8 Å². The number of nitrogens with one attached hydrogen (secondary N) is 2. The number of hydrogen-bond donors (Lipinski definition) is 3. The molecule has 0 saturated carbocycles. The average Bonchev–Trinajstić information content (AvgIpc) is 2.60. The lowest BCUT2D eigenvalue weighted by atomic mass is 9.93. The molecule has 0 saturated heterocycles. The van der Waals surface area contributed by atoms with Crippen molar-refractivity contribution in [3.05, 3.63) is 23.8 Å². The van der Waals surface area contributed by atoms with Crippen molar-refractivity contribution in [1.82, 2.24) is 10.3 Å². The van der Waals surface area contributed by atoms with Gasteiger partial charge in [-0.25, -0.2) is 5.43 Å². The Labute approximate surface area is 157 Å². The van der Waals surface area contributed by atoms with Gasteiger partial charge in [0.2, 0.25) is 5.91 Å². The lowest BCUT2D eigenvalue weighted by molar-refractivity contribution is -0.121. The Bertz CT molecular complexity index is 623. The molecule has 0 bridgehead atoms. The fourth-order valence-corrected chi connectivity index (χ4v) is 3.38. The maximum atomic E-state index is 11.4. The number of hydrogen-bond acceptors (Lipinski definition) is 5. The van der Waals surface area contributed by atoms with Crippen LogP contribution >= 0.6 is 0 Å². The second-order valence-electron chi connectivity index (χ2n) is 7.06. The minimum atomic E-state index is -0.0345. The minimum absolute atomic E-state index is 0.0345. The van der Waals surface area contributed by atoms with Crippen molar-refractivity contribution in [2.45, 2.75) is 46.5 Å². The fraction of sp³-hybridized carbons (Fsp3) is 0.600. The van der Waals surface area contributed by atoms with Gasteiger partial charge in [0.1, 0.15) is 0 Å². The molecule has 2 rings (SSSR count). The number of nitrogen functional groups attached to an aromatic ring is 1. The van der Waals surface area contributed by atoms with E-state index in [1.807, 2.05) is 25.1 Å². The molecule has 26 heavy (non-hydrogen) atoms. The number of nitrogens with two attached hydrogens (primary N) is 1. The van der Waals surface area contributed by atoms with Gasteiger partial charge in [-0.2, -0.15) is 5.10 Å². The Balaban J connectivity index is 1.88. The summed E-state index contributed by atoms with van der Waals surface area (Å²) >= 11 is 0. The molecule has 0 fully saturated rings. The van der Waals surface area contributed by atoms with E-state index in [4.69, 9.17) is 5.73 Å². The zero-order valence-corrected chi connectivity index (χ0v) is 16.3. The smallest absolute Gasteiger partial charge is 0.240 e. The highest BCUT2D eigenvalue weighted by atomic mass is 16.2. The van der Waals surface area contributed by atoms with Crippen LogP contribution in [0.3, 0.4) is 0 Å². The Morgan fingerprint density at radius 1 is 1.27 bits per heavy atom. The van der Waals surface area contributed by atoms with Gasteiger partial charge in [0.25, 0.3) is 0 Å². The summed E-state index contributed by atoms with van der Waals surface area (Å²) in [6, 6.07) is 5.97. The summed E-state index contributed by atoms with van der Waals surface area (Å²) in [7, 11) is 0. The summed E-state index contributed by atoms with van der Waals surface area (Å²) in [5, 5.41) is 7.64. The number of carbonyl (C=O) groups excluding carboxylic acids is 1. The van der Waals surface area contributed by atoms with E-state index < -0.39 is 0 Å². The van der Waals surface area contributed by atoms with Crippen molar-refractivity contribution in [2.75, 3.05) is 37.2 Å². The molecule has 1 heterocycles. The molecule has 1 aromatic rings. The Hall–Kier alpha value is -2.08. The standard InChI is InChI=1S/C20H33N5O/c1-4-10-25(11-5-2)12-6-9-22-18-8-7-16(14-17(18)21)20-15(3)13-19(26)23-24-20/h7-8,14-15,22H,4-6,9-13,21H2,1-3H3,(H,23,26). The first-order valence-electron chi connectivity index (χ1n) is 9.77. The van der Waals surface area contributed by atoms with Crippen LogP contribution in [0.4, 0.5) is 11.4 Å². The molecule has 1 unspecified atom stereocenters. The summed E-state index contributed by atoms with van der Waals surface area (Å²) in [5.41, 5.74) is 12.3. The van der Waals surface area contributed by atoms with Crippen molar-refractivity contribution in [2.24, 2.45) is 11.0 Å². The second kappa shape index (κ2) is 10.2. The molecule has 0 aromatic heterocycles. The Morgan fingerprint density at radius 2 is 2.00 bits per heavy atom. The zero-order valence-electron chi connectivity index (χ0n) is 16.3. The van der Waals surface area contributed by atoms with Gasteiger partial charge in [-0.3, -0.25) is 4.79 Å². The molecule has 6 nitrogen and oxygen atoms in total. The van der Waals surface area contributed by atoms with Crippen molar-refractivity contribution in [1.29, 1.82) is 0 Å². The van der Waals surface area contributed by atoms with Crippen LogP contribution in [0.15, 0.2) is 23.3 Å². The average molecular weight is 360 g/mol. The van der Waals surface area contributed by atoms with Gasteiger partial charge in [0, 0.05) is 24.4 Å². The minimum Gasteiger partial charge on any atom is -0.397 e. The van der Waals surface area contributed by atoms with E-state index in [1.54, 1.807) is 0 Å². The summed E-state index contributed by atoms with van der Waals surface area (Å²) in [6.07, 6.45) is 3.96. The van der Waals surface area contributed by atoms with Crippen LogP contribution in [0.2, 0.25) is 0 Å². The predicted octanol–water partition coefficient (Wildman–Crippen LogP) is 3.05. The molecule has 1 aliphatic heterocycles. The molecule has 1 atom stereocenters. The monoisotopic (exact) mass is 359 g/mol. The highest BCUT2D eigenvalue weighted by Gasteiger charge is 2.21. The molecule has 1 amide bonds. The highest BCUT2D eigenvalue weighted by Crippen LogP contribution is 2.24. The molecule has 0 radical (unpaired) electrons. The number of anilines is 2. The molecule has 4 N–H and O–H groups in total. The van der Waals surface area contributed by atoms with Crippen molar-refractivity contribution in [3.63, 3.8) is 0 Å². The van der Waals surface area contributed by atoms with Gasteiger partial charge in [-0.15, -0.1) is 0 Å². The first-order chi connectivity index (χ1) is 12.5. The van der Waals surface area contributed by atoms with Gasteiger partial charge in [-0.05, 0) is 51.0 Å². The number of amides is 1. The van der Waals surface area contributed by atoms with E-state index >= 15 is 0 Å². The third-order valence-electron chi connectivity index (χ3n) is 4.65. The third-order valence-corrected chi connectivity index (χ3v) is 4.65. The van der Waals surface area contributed by atoms with E-state index in [0.29, 0.717) is 12.1 Å². The van der Waals surface area contributed by atoms with E-state index in [0.717, 1.165) is 36.5 Å². The summed E-state index contributed by atoms with van der Waals surface area (Å²) in [5.74, 6) is 0.0674. The molecule has 6 heteroatoms. The second-order valence-corrected chi connectivity index (χ2v) is 7.06. The number of hydrazone groups is 1. The predicted molar refractivity (Wildman–Crippen MR) is 109 cm³/mol. The first kappa shape index (κ1) is 20.2. The van der Waals surface area contributed by atoms with Gasteiger partial charge in [-0.1, -0.05) is 26.8 Å². The van der Waals surface area contributed by atoms with Crippen molar-refractivity contribution in [3.8, 4) is 0 Å². The van der Waals surface area contributed by atoms with Gasteiger partial charge in [0.05, 0.1) is 17.1 Å². The maximum absolute atomic E-state index is 11.4. The fourth-order valence-electron chi connectivity index (χ4n) is 3.38. The lowest BCUT2D eigenvalue weighted by Gasteiger charge is -2.21. The number of benzene rings is 1. The van der Waals surface area contributed by atoms with E-state index in [2.05, 4.69) is 34.6 Å². The zero-order chi connectivity index (χ0) is 18.9. The van der Waals surface area contributed by atoms with E-state index in [1.165, 1.54) is 25.9 Å². The van der Waals surface area contributed by atoms with Crippen LogP contribution in [0.5, 0.6) is 0 Å². The van der Waals surface area contributed by atoms with E-state index in [9.17, 15) is 4.79 Å². The van der Waals surface area contributed by atoms with Crippen LogP contribution in [0.1, 0.15) is 52.0 Å². The molecule has 1 aliphatic rings. The topological polar surface area (TPSA) is 82.8 Å². The van der Waals surface area contributed by atoms with Crippen LogP contribution in [0.25, 0.3) is 0 Å². The van der Waals surface area contributed by atoms with Crippen LogP contribution in [-0.2, 0) is 4.79 Å². The number of carbonyl (C=O) groups is 1. The molecule has 1 aromatic carbocycles. The Morgan fingerprint density at radius 3 is 2.62 bits per heavy atom. The molecule has 0 aliphatic carbocycles. The van der Waals surface area contributed by atoms with Crippen molar-refractivity contribution >= 4 is 23.0 Å². The molecular formula is C20H33N5O. The maximum Gasteiger partial charge on any atom is 0.240 e. The summed E-state index contributed by atoms with van der Waals surface area (Å²) < 4.78 is 0. The number of nitrogens with zero attached hydrogens (tertiary/aromatic N) is 2. The van der Waals surface area contributed by atoms with Crippen LogP contribution in [0, 0.1) is 5.92 Å². The SMILES string of the molecule is CCCN(CCC)CCCNc1ccc(C2=NNC(=O)CC2C)cc1N. The quantitative estimate of drug-likeness (QED) is 0.443. The molecule has 0 spiro atoms. The van der Waals surface area contributed by atoms with Crippen LogP contribution < -0.4 is 16.5 Å².